The van der Waals surface area contributed by atoms with Gasteiger partial charge in [0.25, 0.3) is 5.22 Å². The van der Waals surface area contributed by atoms with Crippen LogP contribution in [0, 0.1) is 0 Å². The van der Waals surface area contributed by atoms with Gasteiger partial charge in [0.15, 0.2) is 9.84 Å². The normalized spacial score (nSPS) is 21.1. The highest BCUT2D eigenvalue weighted by molar-refractivity contribution is 7.99. The van der Waals surface area contributed by atoms with Gasteiger partial charge < -0.3 is 9.32 Å². The number of hydrogen-bond acceptors (Lipinski definition) is 8. The summed E-state index contributed by atoms with van der Waals surface area (Å²) in [5, 5.41) is 8.37. The van der Waals surface area contributed by atoms with Crippen molar-refractivity contribution in [3.8, 4) is 0 Å². The minimum absolute atomic E-state index is 0.0472. The lowest BCUT2D eigenvalue weighted by Crippen LogP contribution is -2.38. The Balaban J connectivity index is 1.89. The van der Waals surface area contributed by atoms with E-state index in [0.717, 1.165) is 6.42 Å². The van der Waals surface area contributed by atoms with Gasteiger partial charge >= 0.3 is 0 Å². The molecule has 1 fully saturated rings. The van der Waals surface area contributed by atoms with Crippen LogP contribution in [0.15, 0.2) is 9.64 Å². The van der Waals surface area contributed by atoms with Crippen molar-refractivity contribution in [2.45, 2.75) is 37.1 Å². The second kappa shape index (κ2) is 7.83. The van der Waals surface area contributed by atoms with Crippen LogP contribution in [0.1, 0.15) is 31.7 Å². The molecular weight excluding hydrogens is 352 g/mol. The molecule has 0 saturated carbocycles. The zero-order valence-corrected chi connectivity index (χ0v) is 16.1. The summed E-state index contributed by atoms with van der Waals surface area (Å²) < 4.78 is 28.7. The highest BCUT2D eigenvalue weighted by atomic mass is 32.2. The Morgan fingerprint density at radius 2 is 2.08 bits per heavy atom. The Kier molecular flexibility index (Phi) is 6.27. The van der Waals surface area contributed by atoms with Crippen molar-refractivity contribution in [3.05, 3.63) is 5.89 Å². The summed E-state index contributed by atoms with van der Waals surface area (Å²) in [5.74, 6) is 0.742. The molecule has 1 aromatic rings. The number of rotatable bonds is 7. The minimum Gasteiger partial charge on any atom is -0.414 e. The highest BCUT2D eigenvalue weighted by Crippen LogP contribution is 2.25. The van der Waals surface area contributed by atoms with Crippen LogP contribution in [0.5, 0.6) is 0 Å². The Morgan fingerprint density at radius 3 is 2.62 bits per heavy atom. The van der Waals surface area contributed by atoms with E-state index in [1.54, 1.807) is 7.05 Å². The van der Waals surface area contributed by atoms with Gasteiger partial charge in [-0.1, -0.05) is 18.7 Å². The predicted octanol–water partition coefficient (Wildman–Crippen LogP) is 0.820. The number of aromatic nitrogens is 2. The lowest BCUT2D eigenvalue weighted by atomic mass is 10.2. The molecule has 0 radical (unpaired) electrons. The molecule has 0 aliphatic carbocycles. The lowest BCUT2D eigenvalue weighted by molar-refractivity contribution is -0.128. The van der Waals surface area contributed by atoms with Gasteiger partial charge in [-0.2, -0.15) is 0 Å². The smallest absolute Gasteiger partial charge is 0.277 e. The van der Waals surface area contributed by atoms with E-state index in [2.05, 4.69) is 10.2 Å². The molecule has 1 aliphatic heterocycles. The van der Waals surface area contributed by atoms with E-state index >= 15 is 0 Å². The Morgan fingerprint density at radius 1 is 1.38 bits per heavy atom. The summed E-state index contributed by atoms with van der Waals surface area (Å²) in [6.45, 7) is 2.04. The molecule has 0 N–H and O–H groups in total. The molecule has 8 nitrogen and oxygen atoms in total. The van der Waals surface area contributed by atoms with E-state index in [4.69, 9.17) is 4.42 Å². The van der Waals surface area contributed by atoms with Gasteiger partial charge in [0.1, 0.15) is 0 Å². The molecule has 1 aliphatic rings. The summed E-state index contributed by atoms with van der Waals surface area (Å²) in [5.41, 5.74) is 0. The van der Waals surface area contributed by atoms with Crippen LogP contribution < -0.4 is 0 Å². The highest BCUT2D eigenvalue weighted by Gasteiger charge is 2.32. The first kappa shape index (κ1) is 19.2. The number of sulfone groups is 1. The SMILES string of the molecule is CC[C@H](c1nnc(SCC(=O)N(C)[C@@H]2CCS(=O)(=O)C2)o1)N(C)C. The topological polar surface area (TPSA) is 96.6 Å². The van der Waals surface area contributed by atoms with E-state index < -0.39 is 9.84 Å². The minimum atomic E-state index is -3.00. The van der Waals surface area contributed by atoms with Crippen LogP contribution in [-0.4, -0.2) is 78.8 Å². The van der Waals surface area contributed by atoms with Crippen molar-refractivity contribution in [3.63, 3.8) is 0 Å². The van der Waals surface area contributed by atoms with Crippen molar-refractivity contribution in [2.24, 2.45) is 0 Å². The monoisotopic (exact) mass is 376 g/mol. The number of nitrogens with zero attached hydrogens (tertiary/aromatic N) is 4. The third-order valence-electron chi connectivity index (χ3n) is 4.19. The maximum absolute atomic E-state index is 12.2. The van der Waals surface area contributed by atoms with Gasteiger partial charge in [0.05, 0.1) is 23.3 Å². The summed E-state index contributed by atoms with van der Waals surface area (Å²) in [6, 6.07) is -0.187. The molecule has 0 unspecified atom stereocenters. The fraction of sp³-hybridized carbons (Fsp3) is 0.786. The van der Waals surface area contributed by atoms with E-state index in [-0.39, 0.29) is 35.2 Å². The van der Waals surface area contributed by atoms with Gasteiger partial charge in [-0.25, -0.2) is 8.42 Å². The van der Waals surface area contributed by atoms with Crippen molar-refractivity contribution in [1.29, 1.82) is 0 Å². The van der Waals surface area contributed by atoms with Crippen LogP contribution in [0.4, 0.5) is 0 Å². The molecule has 2 rings (SSSR count). The van der Waals surface area contributed by atoms with E-state index in [1.807, 2.05) is 25.9 Å². The molecule has 0 bridgehead atoms. The van der Waals surface area contributed by atoms with Gasteiger partial charge in [0, 0.05) is 13.1 Å². The number of thioether (sulfide) groups is 1. The molecule has 1 amide bonds. The quantitative estimate of drug-likeness (QED) is 0.645. The second-order valence-corrected chi connectivity index (χ2v) is 9.30. The Labute approximate surface area is 146 Å². The second-order valence-electron chi connectivity index (χ2n) is 6.14. The van der Waals surface area contributed by atoms with Crippen LogP contribution >= 0.6 is 11.8 Å². The van der Waals surface area contributed by atoms with Crippen molar-refractivity contribution in [2.75, 3.05) is 38.4 Å². The standard InChI is InChI=1S/C14H24N4O4S2/c1-5-11(17(2)3)13-15-16-14(22-13)23-8-12(19)18(4)10-6-7-24(20,21)9-10/h10-11H,5-9H2,1-4H3/t10-,11-/m1/s1. The molecule has 1 aromatic heterocycles. The summed E-state index contributed by atoms with van der Waals surface area (Å²) in [7, 11) is 2.53. The zero-order chi connectivity index (χ0) is 17.9. The molecular formula is C14H24N4O4S2. The summed E-state index contributed by atoms with van der Waals surface area (Å²) in [4.78, 5) is 15.8. The Bertz CT molecular complexity index is 674. The number of amides is 1. The predicted molar refractivity (Wildman–Crippen MR) is 91.6 cm³/mol. The number of hydrogen-bond donors (Lipinski definition) is 0. The summed E-state index contributed by atoms with van der Waals surface area (Å²) in [6.07, 6.45) is 1.35. The van der Waals surface area contributed by atoms with Gasteiger partial charge in [-0.3, -0.25) is 9.69 Å². The average Bonchev–Trinajstić information content (AvgIpc) is 3.11. The molecule has 0 spiro atoms. The first-order chi connectivity index (χ1) is 11.2. The van der Waals surface area contributed by atoms with Crippen molar-refractivity contribution >= 4 is 27.5 Å². The molecule has 2 heterocycles. The number of carbonyl (C=O) groups is 1. The Hall–Kier alpha value is -1.13. The van der Waals surface area contributed by atoms with Crippen molar-refractivity contribution < 1.29 is 17.6 Å². The van der Waals surface area contributed by atoms with E-state index in [9.17, 15) is 13.2 Å². The van der Waals surface area contributed by atoms with E-state index in [0.29, 0.717) is 17.5 Å². The molecule has 1 saturated heterocycles. The van der Waals surface area contributed by atoms with Gasteiger partial charge in [0.2, 0.25) is 11.8 Å². The molecule has 0 aromatic carbocycles. The van der Waals surface area contributed by atoms with Crippen LogP contribution in [0.3, 0.4) is 0 Å². The third-order valence-corrected chi connectivity index (χ3v) is 6.74. The lowest BCUT2D eigenvalue weighted by Gasteiger charge is -2.22. The first-order valence-corrected chi connectivity index (χ1v) is 10.6. The molecule has 136 valence electrons. The molecule has 10 heteroatoms. The van der Waals surface area contributed by atoms with Crippen LogP contribution in [0.25, 0.3) is 0 Å². The first-order valence-electron chi connectivity index (χ1n) is 7.82. The van der Waals surface area contributed by atoms with Crippen molar-refractivity contribution in [1.82, 2.24) is 20.0 Å². The maximum atomic E-state index is 12.2. The maximum Gasteiger partial charge on any atom is 0.277 e. The fourth-order valence-corrected chi connectivity index (χ4v) is 5.15. The largest absolute Gasteiger partial charge is 0.414 e. The average molecular weight is 377 g/mol. The van der Waals surface area contributed by atoms with Crippen LogP contribution in [0.2, 0.25) is 0 Å². The zero-order valence-electron chi connectivity index (χ0n) is 14.4. The van der Waals surface area contributed by atoms with E-state index in [1.165, 1.54) is 16.7 Å². The van der Waals surface area contributed by atoms with Gasteiger partial charge in [-0.05, 0) is 26.9 Å². The van der Waals surface area contributed by atoms with Gasteiger partial charge in [-0.15, -0.1) is 10.2 Å². The summed E-state index contributed by atoms with van der Waals surface area (Å²) >= 11 is 1.18. The fourth-order valence-electron chi connectivity index (χ4n) is 2.68. The number of carbonyl (C=O) groups excluding carboxylic acids is 1. The third kappa shape index (κ3) is 4.70. The molecule has 24 heavy (non-hydrogen) atoms. The molecule has 2 atom stereocenters. The van der Waals surface area contributed by atoms with Crippen LogP contribution in [-0.2, 0) is 14.6 Å².